The quantitative estimate of drug-likeness (QED) is 0.662. The van der Waals surface area contributed by atoms with Gasteiger partial charge in [-0.3, -0.25) is 4.79 Å². The topological polar surface area (TPSA) is 78.4 Å². The van der Waals surface area contributed by atoms with E-state index in [-0.39, 0.29) is 11.8 Å². The van der Waals surface area contributed by atoms with Crippen LogP contribution in [0.2, 0.25) is 0 Å². The predicted octanol–water partition coefficient (Wildman–Crippen LogP) is 0.992. The molecule has 1 atom stereocenters. The molecule has 104 valence electrons. The van der Waals surface area contributed by atoms with Crippen LogP contribution in [-0.4, -0.2) is 36.1 Å². The third-order valence-electron chi connectivity index (χ3n) is 3.49. The fourth-order valence-corrected chi connectivity index (χ4v) is 2.26. The maximum Gasteiger partial charge on any atom is 0.326 e. The van der Waals surface area contributed by atoms with Gasteiger partial charge in [0.05, 0.1) is 0 Å². The molecule has 0 bridgehead atoms. The van der Waals surface area contributed by atoms with Gasteiger partial charge in [0.1, 0.15) is 6.04 Å². The van der Waals surface area contributed by atoms with E-state index in [1.807, 2.05) is 0 Å². The largest absolute Gasteiger partial charge is 0.480 e. The summed E-state index contributed by atoms with van der Waals surface area (Å²) in [5.74, 6) is -0.598. The Morgan fingerprint density at radius 3 is 2.44 bits per heavy atom. The Labute approximate surface area is 108 Å². The molecule has 1 rings (SSSR count). The van der Waals surface area contributed by atoms with Gasteiger partial charge in [0.25, 0.3) is 0 Å². The van der Waals surface area contributed by atoms with Crippen molar-refractivity contribution in [2.45, 2.75) is 45.6 Å². The standard InChI is InChI=1S/C13H24N2O3/c1-9(2)12(13(17)18)15-11(16)4-3-10-5-7-14-8-6-10/h9-10,12,14H,3-8H2,1-2H3,(H,15,16)(H,17,18). The summed E-state index contributed by atoms with van der Waals surface area (Å²) in [4.78, 5) is 22.7. The van der Waals surface area contributed by atoms with Gasteiger partial charge in [-0.25, -0.2) is 4.79 Å². The number of carbonyl (C=O) groups excluding carboxylic acids is 1. The predicted molar refractivity (Wildman–Crippen MR) is 69.2 cm³/mol. The molecule has 0 aromatic rings. The Hall–Kier alpha value is -1.10. The summed E-state index contributed by atoms with van der Waals surface area (Å²) < 4.78 is 0. The van der Waals surface area contributed by atoms with Crippen LogP contribution in [0, 0.1) is 11.8 Å². The zero-order valence-electron chi connectivity index (χ0n) is 11.2. The highest BCUT2D eigenvalue weighted by atomic mass is 16.4. The summed E-state index contributed by atoms with van der Waals surface area (Å²) in [6, 6.07) is -0.773. The summed E-state index contributed by atoms with van der Waals surface area (Å²) in [6.45, 7) is 5.64. The van der Waals surface area contributed by atoms with Crippen LogP contribution in [0.3, 0.4) is 0 Å². The van der Waals surface area contributed by atoms with Gasteiger partial charge in [-0.05, 0) is 44.2 Å². The first-order chi connectivity index (χ1) is 8.50. The van der Waals surface area contributed by atoms with Gasteiger partial charge in [0.15, 0.2) is 0 Å². The van der Waals surface area contributed by atoms with Crippen LogP contribution in [0.1, 0.15) is 39.5 Å². The highest BCUT2D eigenvalue weighted by molar-refractivity contribution is 5.83. The summed E-state index contributed by atoms with van der Waals surface area (Å²) in [6.07, 6.45) is 3.51. The molecule has 1 aliphatic rings. The molecule has 0 aromatic carbocycles. The Morgan fingerprint density at radius 1 is 1.33 bits per heavy atom. The molecule has 0 radical (unpaired) electrons. The smallest absolute Gasteiger partial charge is 0.326 e. The molecular weight excluding hydrogens is 232 g/mol. The van der Waals surface area contributed by atoms with Crippen LogP contribution in [0.5, 0.6) is 0 Å². The number of amides is 1. The maximum atomic E-state index is 11.7. The van der Waals surface area contributed by atoms with E-state index >= 15 is 0 Å². The first-order valence-electron chi connectivity index (χ1n) is 6.73. The number of hydrogen-bond donors (Lipinski definition) is 3. The third-order valence-corrected chi connectivity index (χ3v) is 3.49. The van der Waals surface area contributed by atoms with Gasteiger partial charge in [-0.2, -0.15) is 0 Å². The lowest BCUT2D eigenvalue weighted by Gasteiger charge is -2.23. The number of carboxylic acids is 1. The van der Waals surface area contributed by atoms with Crippen LogP contribution in [0.4, 0.5) is 0 Å². The zero-order valence-corrected chi connectivity index (χ0v) is 11.2. The fourth-order valence-electron chi connectivity index (χ4n) is 2.26. The van der Waals surface area contributed by atoms with Crippen molar-refractivity contribution in [3.05, 3.63) is 0 Å². The molecule has 1 unspecified atom stereocenters. The lowest BCUT2D eigenvalue weighted by Crippen LogP contribution is -2.44. The molecule has 1 fully saturated rings. The van der Waals surface area contributed by atoms with Gasteiger partial charge in [-0.1, -0.05) is 13.8 Å². The number of rotatable bonds is 6. The van der Waals surface area contributed by atoms with Crippen molar-refractivity contribution in [2.24, 2.45) is 11.8 Å². The van der Waals surface area contributed by atoms with Crippen molar-refractivity contribution in [2.75, 3.05) is 13.1 Å². The molecule has 1 aliphatic heterocycles. The number of aliphatic carboxylic acids is 1. The molecule has 0 aliphatic carbocycles. The molecule has 5 heteroatoms. The van der Waals surface area contributed by atoms with E-state index < -0.39 is 12.0 Å². The second-order valence-corrected chi connectivity index (χ2v) is 5.36. The molecule has 1 saturated heterocycles. The molecular formula is C13H24N2O3. The zero-order chi connectivity index (χ0) is 13.5. The SMILES string of the molecule is CC(C)C(NC(=O)CCC1CCNCC1)C(=O)O. The highest BCUT2D eigenvalue weighted by Gasteiger charge is 2.23. The fraction of sp³-hybridized carbons (Fsp3) is 0.846. The van der Waals surface area contributed by atoms with Crippen molar-refractivity contribution in [3.63, 3.8) is 0 Å². The van der Waals surface area contributed by atoms with Gasteiger partial charge in [0.2, 0.25) is 5.91 Å². The second kappa shape index (κ2) is 7.36. The molecule has 5 nitrogen and oxygen atoms in total. The molecule has 18 heavy (non-hydrogen) atoms. The number of carboxylic acid groups (broad SMARTS) is 1. The van der Waals surface area contributed by atoms with E-state index in [0.717, 1.165) is 32.4 Å². The number of nitrogens with one attached hydrogen (secondary N) is 2. The Kier molecular flexibility index (Phi) is 6.12. The average Bonchev–Trinajstić information content (AvgIpc) is 2.34. The molecule has 1 heterocycles. The number of piperidine rings is 1. The van der Waals surface area contributed by atoms with Gasteiger partial charge in [-0.15, -0.1) is 0 Å². The summed E-state index contributed by atoms with van der Waals surface area (Å²) in [5, 5.41) is 14.9. The van der Waals surface area contributed by atoms with Crippen LogP contribution in [0.15, 0.2) is 0 Å². The first kappa shape index (κ1) is 15.0. The number of hydrogen-bond acceptors (Lipinski definition) is 3. The molecule has 3 N–H and O–H groups in total. The summed E-state index contributed by atoms with van der Waals surface area (Å²) in [5.41, 5.74) is 0. The second-order valence-electron chi connectivity index (χ2n) is 5.36. The van der Waals surface area contributed by atoms with Crippen LogP contribution in [0.25, 0.3) is 0 Å². The van der Waals surface area contributed by atoms with E-state index in [0.29, 0.717) is 12.3 Å². The van der Waals surface area contributed by atoms with Crippen molar-refractivity contribution < 1.29 is 14.7 Å². The van der Waals surface area contributed by atoms with E-state index in [2.05, 4.69) is 10.6 Å². The Balaban J connectivity index is 2.29. The van der Waals surface area contributed by atoms with E-state index in [4.69, 9.17) is 5.11 Å². The molecule has 1 amide bonds. The Bertz CT molecular complexity index is 286. The maximum absolute atomic E-state index is 11.7. The molecule has 0 spiro atoms. The lowest BCUT2D eigenvalue weighted by atomic mass is 9.93. The number of carbonyl (C=O) groups is 2. The normalized spacial score (nSPS) is 18.6. The lowest BCUT2D eigenvalue weighted by molar-refractivity contribution is -0.143. The minimum atomic E-state index is -0.958. The first-order valence-corrected chi connectivity index (χ1v) is 6.73. The minimum absolute atomic E-state index is 0.0923. The van der Waals surface area contributed by atoms with Crippen molar-refractivity contribution in [3.8, 4) is 0 Å². The van der Waals surface area contributed by atoms with Crippen LogP contribution < -0.4 is 10.6 Å². The van der Waals surface area contributed by atoms with Crippen molar-refractivity contribution >= 4 is 11.9 Å². The van der Waals surface area contributed by atoms with Crippen molar-refractivity contribution in [1.29, 1.82) is 0 Å². The third kappa shape index (κ3) is 5.04. The minimum Gasteiger partial charge on any atom is -0.480 e. The van der Waals surface area contributed by atoms with E-state index in [9.17, 15) is 9.59 Å². The van der Waals surface area contributed by atoms with Crippen molar-refractivity contribution in [1.82, 2.24) is 10.6 Å². The summed E-state index contributed by atoms with van der Waals surface area (Å²) in [7, 11) is 0. The monoisotopic (exact) mass is 256 g/mol. The summed E-state index contributed by atoms with van der Waals surface area (Å²) >= 11 is 0. The highest BCUT2D eigenvalue weighted by Crippen LogP contribution is 2.17. The Morgan fingerprint density at radius 2 is 1.94 bits per heavy atom. The van der Waals surface area contributed by atoms with Gasteiger partial charge in [0, 0.05) is 6.42 Å². The molecule has 0 saturated carbocycles. The van der Waals surface area contributed by atoms with Crippen LogP contribution in [-0.2, 0) is 9.59 Å². The van der Waals surface area contributed by atoms with Crippen LogP contribution >= 0.6 is 0 Å². The average molecular weight is 256 g/mol. The van der Waals surface area contributed by atoms with Gasteiger partial charge < -0.3 is 15.7 Å². The van der Waals surface area contributed by atoms with E-state index in [1.54, 1.807) is 13.8 Å². The van der Waals surface area contributed by atoms with E-state index in [1.165, 1.54) is 0 Å². The molecule has 0 aromatic heterocycles. The van der Waals surface area contributed by atoms with Gasteiger partial charge >= 0.3 is 5.97 Å².